The van der Waals surface area contributed by atoms with Gasteiger partial charge < -0.3 is 28.8 Å². The van der Waals surface area contributed by atoms with Crippen LogP contribution in [0.5, 0.6) is 0 Å². The van der Waals surface area contributed by atoms with Gasteiger partial charge in [0.1, 0.15) is 12.1 Å². The van der Waals surface area contributed by atoms with Crippen molar-refractivity contribution in [1.82, 2.24) is 18.9 Å². The normalized spacial score (nSPS) is 18.1. The number of halogens is 6. The number of carbonyl (C=O) groups excluding carboxylic acids is 1. The highest BCUT2D eigenvalue weighted by Gasteiger charge is 2.39. The fourth-order valence-corrected chi connectivity index (χ4v) is 7.59. The largest absolute Gasteiger partial charge is 0.480 e. The molecule has 4 heterocycles. The Balaban J connectivity index is 0.000000301. The second-order valence-electron chi connectivity index (χ2n) is 17.5. The van der Waals surface area contributed by atoms with Crippen molar-refractivity contribution in [3.05, 3.63) is 67.5 Å². The Morgan fingerprint density at radius 2 is 1.07 bits per heavy atom. The Morgan fingerprint density at radius 3 is 1.38 bits per heavy atom. The highest BCUT2D eigenvalue weighted by Crippen LogP contribution is 2.35. The van der Waals surface area contributed by atoms with Crippen LogP contribution in [0.15, 0.2) is 34.1 Å². The SMILES string of the molecule is CC(C)CC(C(=O)O)n1cc(CCN2CC(C)(C)C2)c(C(F)(F)F)cc1=O.CCOC(=O)C(CC(C)C)n1cc(CCN2CC(C)(C)C2)c(C(F)(F)F)cc1=O. The van der Waals surface area contributed by atoms with E-state index in [9.17, 15) is 50.6 Å². The molecule has 0 bridgehead atoms. The minimum absolute atomic E-state index is 0.0212. The molecule has 316 valence electrons. The van der Waals surface area contributed by atoms with E-state index in [0.717, 1.165) is 41.5 Å². The molecule has 2 aliphatic heterocycles. The maximum atomic E-state index is 13.5. The van der Waals surface area contributed by atoms with E-state index in [4.69, 9.17) is 4.74 Å². The lowest BCUT2D eigenvalue weighted by Gasteiger charge is -2.46. The smallest absolute Gasteiger partial charge is 0.416 e. The Hall–Kier alpha value is -3.66. The van der Waals surface area contributed by atoms with Crippen molar-refractivity contribution in [3.8, 4) is 0 Å². The number of carboxylic acid groups (broad SMARTS) is 1. The number of carboxylic acids is 1. The van der Waals surface area contributed by atoms with E-state index < -0.39 is 58.6 Å². The van der Waals surface area contributed by atoms with Crippen LogP contribution in [0, 0.1) is 22.7 Å². The molecule has 0 spiro atoms. The summed E-state index contributed by atoms with van der Waals surface area (Å²) in [5.41, 5.74) is -3.35. The summed E-state index contributed by atoms with van der Waals surface area (Å²) in [4.78, 5) is 52.9. The van der Waals surface area contributed by atoms with Gasteiger partial charge in [-0.05, 0) is 66.4 Å². The van der Waals surface area contributed by atoms with Crippen molar-refractivity contribution in [2.75, 3.05) is 45.9 Å². The van der Waals surface area contributed by atoms with Gasteiger partial charge >= 0.3 is 24.3 Å². The van der Waals surface area contributed by atoms with Crippen LogP contribution < -0.4 is 11.1 Å². The number of likely N-dealkylation sites (tertiary alicyclic amines) is 2. The van der Waals surface area contributed by atoms with E-state index >= 15 is 0 Å². The van der Waals surface area contributed by atoms with Gasteiger partial charge in [-0.3, -0.25) is 9.59 Å². The summed E-state index contributed by atoms with van der Waals surface area (Å²) in [6, 6.07) is -0.971. The number of hydrogen-bond donors (Lipinski definition) is 1. The van der Waals surface area contributed by atoms with Gasteiger partial charge in [0.2, 0.25) is 0 Å². The van der Waals surface area contributed by atoms with Gasteiger partial charge in [-0.2, -0.15) is 26.3 Å². The van der Waals surface area contributed by atoms with Gasteiger partial charge in [0.25, 0.3) is 11.1 Å². The van der Waals surface area contributed by atoms with Crippen LogP contribution in [0.1, 0.15) is 109 Å². The van der Waals surface area contributed by atoms with Crippen LogP contribution in [0.25, 0.3) is 0 Å². The van der Waals surface area contributed by atoms with E-state index in [0.29, 0.717) is 31.6 Å². The molecule has 2 saturated heterocycles. The topological polar surface area (TPSA) is 114 Å². The van der Waals surface area contributed by atoms with E-state index in [2.05, 4.69) is 37.5 Å². The number of esters is 1. The molecule has 0 amide bonds. The molecule has 4 rings (SSSR count). The number of alkyl halides is 6. The minimum atomic E-state index is -4.65. The highest BCUT2D eigenvalue weighted by atomic mass is 19.4. The molecule has 2 unspecified atom stereocenters. The predicted molar refractivity (Wildman–Crippen MR) is 201 cm³/mol. The van der Waals surface area contributed by atoms with Gasteiger partial charge in [-0.1, -0.05) is 55.4 Å². The molecule has 1 N–H and O–H groups in total. The number of pyridine rings is 2. The van der Waals surface area contributed by atoms with Gasteiger partial charge in [0, 0.05) is 63.8 Å². The first kappa shape index (κ1) is 46.7. The third-order valence-corrected chi connectivity index (χ3v) is 9.84. The summed E-state index contributed by atoms with van der Waals surface area (Å²) in [6.07, 6.45) is -6.24. The molecule has 0 radical (unpaired) electrons. The van der Waals surface area contributed by atoms with Crippen molar-refractivity contribution in [2.24, 2.45) is 22.7 Å². The summed E-state index contributed by atoms with van der Waals surface area (Å²) in [6.45, 7) is 21.7. The number of hydrogen-bond acceptors (Lipinski definition) is 7. The molecule has 0 aromatic carbocycles. The summed E-state index contributed by atoms with van der Waals surface area (Å²) in [5.74, 6) is -1.78. The first-order valence-electron chi connectivity index (χ1n) is 19.1. The van der Waals surface area contributed by atoms with Gasteiger partial charge in [-0.25, -0.2) is 9.59 Å². The van der Waals surface area contributed by atoms with Crippen LogP contribution in [-0.2, 0) is 39.5 Å². The molecule has 0 aliphatic carbocycles. The van der Waals surface area contributed by atoms with E-state index in [1.165, 1.54) is 6.20 Å². The molecule has 0 saturated carbocycles. The number of aliphatic carboxylic acids is 1. The first-order chi connectivity index (χ1) is 25.6. The minimum Gasteiger partial charge on any atom is -0.480 e. The zero-order valence-corrected chi connectivity index (χ0v) is 33.9. The third-order valence-electron chi connectivity index (χ3n) is 9.84. The molecular formula is C40H58F6N4O6. The van der Waals surface area contributed by atoms with Crippen LogP contribution >= 0.6 is 0 Å². The molecule has 2 atom stereocenters. The Labute approximate surface area is 324 Å². The van der Waals surface area contributed by atoms with Crippen molar-refractivity contribution in [3.63, 3.8) is 0 Å². The summed E-state index contributed by atoms with van der Waals surface area (Å²) in [7, 11) is 0. The number of carbonyl (C=O) groups is 2. The number of rotatable bonds is 15. The molecular weight excluding hydrogens is 746 g/mol. The number of ether oxygens (including phenoxy) is 1. The maximum Gasteiger partial charge on any atom is 0.416 e. The second kappa shape index (κ2) is 18.3. The lowest BCUT2D eigenvalue weighted by atomic mass is 9.84. The zero-order chi connectivity index (χ0) is 42.6. The van der Waals surface area contributed by atoms with Crippen LogP contribution in [-0.4, -0.2) is 81.9 Å². The molecule has 2 fully saturated rings. The zero-order valence-electron chi connectivity index (χ0n) is 33.9. The third kappa shape index (κ3) is 12.9. The Kier molecular flexibility index (Phi) is 15.3. The number of nitrogens with zero attached hydrogens (tertiary/aromatic N) is 4. The van der Waals surface area contributed by atoms with E-state index in [1.807, 2.05) is 13.8 Å². The van der Waals surface area contributed by atoms with E-state index in [1.54, 1.807) is 20.8 Å². The summed E-state index contributed by atoms with van der Waals surface area (Å²) in [5, 5.41) is 9.45. The van der Waals surface area contributed by atoms with Crippen LogP contribution in [0.4, 0.5) is 26.3 Å². The molecule has 16 heteroatoms. The fraction of sp³-hybridized carbons (Fsp3) is 0.700. The average molecular weight is 805 g/mol. The number of aromatic nitrogens is 2. The second-order valence-corrected chi connectivity index (χ2v) is 17.5. The summed E-state index contributed by atoms with van der Waals surface area (Å²) < 4.78 is 87.9. The Bertz CT molecular complexity index is 1780. The molecule has 56 heavy (non-hydrogen) atoms. The van der Waals surface area contributed by atoms with Crippen LogP contribution in [0.3, 0.4) is 0 Å². The first-order valence-corrected chi connectivity index (χ1v) is 19.1. The van der Waals surface area contributed by atoms with Crippen molar-refractivity contribution >= 4 is 11.9 Å². The maximum absolute atomic E-state index is 13.5. The fourth-order valence-electron chi connectivity index (χ4n) is 7.59. The highest BCUT2D eigenvalue weighted by molar-refractivity contribution is 5.74. The van der Waals surface area contributed by atoms with E-state index in [-0.39, 0.29) is 59.7 Å². The van der Waals surface area contributed by atoms with Gasteiger partial charge in [0.15, 0.2) is 0 Å². The summed E-state index contributed by atoms with van der Waals surface area (Å²) >= 11 is 0. The molecule has 10 nitrogen and oxygen atoms in total. The van der Waals surface area contributed by atoms with Crippen molar-refractivity contribution in [1.29, 1.82) is 0 Å². The standard InChI is InChI=1S/C21H31F3N2O3.C19H27F3N2O3/c1-6-29-19(28)17(9-14(2)3)26-11-15(7-8-25-12-20(4,5)13-25)16(10-18(26)27)21(22,23)24;1-12(2)7-15(17(26)27)24-9-13(5-6-23-10-18(3,4)11-23)14(8-16(24)25)19(20,21)22/h10-11,14,17H,6-9,12-13H2,1-5H3;8-9,12,15H,5-7,10-11H2,1-4H3,(H,26,27). The molecule has 2 aromatic rings. The lowest BCUT2D eigenvalue weighted by molar-refractivity contribution is -0.148. The molecule has 2 aromatic heterocycles. The van der Waals surface area contributed by atoms with Crippen LogP contribution in [0.2, 0.25) is 0 Å². The molecule has 2 aliphatic rings. The Morgan fingerprint density at radius 1 is 0.714 bits per heavy atom. The monoisotopic (exact) mass is 804 g/mol. The van der Waals surface area contributed by atoms with Crippen molar-refractivity contribution in [2.45, 2.75) is 112 Å². The quantitative estimate of drug-likeness (QED) is 0.147. The van der Waals surface area contributed by atoms with Gasteiger partial charge in [-0.15, -0.1) is 0 Å². The van der Waals surface area contributed by atoms with Crippen molar-refractivity contribution < 1.29 is 45.8 Å². The lowest BCUT2D eigenvalue weighted by Crippen LogP contribution is -2.53. The van der Waals surface area contributed by atoms with Gasteiger partial charge in [0.05, 0.1) is 17.7 Å². The predicted octanol–water partition coefficient (Wildman–Crippen LogP) is 7.32. The average Bonchev–Trinajstić information content (AvgIpc) is 3.02.